The monoisotopic (exact) mass is 546 g/mol. The van der Waals surface area contributed by atoms with E-state index in [0.717, 1.165) is 25.0 Å². The van der Waals surface area contributed by atoms with Crippen LogP contribution in [0.4, 0.5) is 20.5 Å². The van der Waals surface area contributed by atoms with Crippen LogP contribution >= 0.6 is 11.6 Å². The standard InChI is InChI=1S/C26H33ClF2N8O/c1-15-12-37(16(2)11-36(15)22(20-10-26(20,28)29)17-5-7-18(27)8-6-17)24-21-23(32-25(33-24)34-30)35(14-31-21)13-19-4-3-9-38-19/h5-8,14-16,19-20,22H,3-4,9-13,30H2,1-2H3,(H,32,33,34)/t15-,16+,19+,20-,22?/m1/s1. The van der Waals surface area contributed by atoms with Crippen LogP contribution < -0.4 is 16.2 Å². The minimum atomic E-state index is -2.65. The number of aromatic nitrogens is 4. The number of anilines is 2. The molecule has 0 amide bonds. The van der Waals surface area contributed by atoms with Gasteiger partial charge in [0.2, 0.25) is 5.95 Å². The van der Waals surface area contributed by atoms with Crippen molar-refractivity contribution >= 4 is 34.5 Å². The number of halogens is 3. The summed E-state index contributed by atoms with van der Waals surface area (Å²) in [7, 11) is 0. The van der Waals surface area contributed by atoms with Gasteiger partial charge in [0.1, 0.15) is 0 Å². The number of hydrogen-bond acceptors (Lipinski definition) is 8. The van der Waals surface area contributed by atoms with Crippen molar-refractivity contribution in [2.24, 2.45) is 11.8 Å². The summed E-state index contributed by atoms with van der Waals surface area (Å²) in [5.41, 5.74) is 4.85. The molecule has 5 atom stereocenters. The molecule has 9 nitrogen and oxygen atoms in total. The van der Waals surface area contributed by atoms with Crippen LogP contribution in [0.15, 0.2) is 30.6 Å². The maximum absolute atomic E-state index is 14.4. The van der Waals surface area contributed by atoms with E-state index in [0.29, 0.717) is 47.6 Å². The minimum Gasteiger partial charge on any atom is -0.376 e. The molecule has 1 aliphatic carbocycles. The van der Waals surface area contributed by atoms with Gasteiger partial charge in [-0.3, -0.25) is 10.3 Å². The van der Waals surface area contributed by atoms with Crippen molar-refractivity contribution in [1.82, 2.24) is 24.4 Å². The Morgan fingerprint density at radius 1 is 1.18 bits per heavy atom. The van der Waals surface area contributed by atoms with Gasteiger partial charge in [0.25, 0.3) is 5.92 Å². The molecule has 1 aromatic carbocycles. The molecule has 12 heteroatoms. The molecule has 2 aliphatic heterocycles. The van der Waals surface area contributed by atoms with Crippen molar-refractivity contribution in [1.29, 1.82) is 0 Å². The lowest BCUT2D eigenvalue weighted by atomic mass is 9.95. The molecule has 3 N–H and O–H groups in total. The van der Waals surface area contributed by atoms with E-state index < -0.39 is 11.8 Å². The van der Waals surface area contributed by atoms with Gasteiger partial charge < -0.3 is 14.2 Å². The Labute approximate surface area is 225 Å². The van der Waals surface area contributed by atoms with E-state index in [2.05, 4.69) is 39.0 Å². The number of nitrogen functional groups attached to an aromatic ring is 1. The molecular formula is C26H33ClF2N8O. The summed E-state index contributed by atoms with van der Waals surface area (Å²) >= 11 is 6.10. The highest BCUT2D eigenvalue weighted by Crippen LogP contribution is 2.57. The van der Waals surface area contributed by atoms with Gasteiger partial charge in [-0.05, 0) is 44.4 Å². The molecule has 3 aromatic rings. The summed E-state index contributed by atoms with van der Waals surface area (Å²) < 4.78 is 36.6. The van der Waals surface area contributed by atoms with Crippen LogP contribution in [0.25, 0.3) is 11.2 Å². The molecule has 6 rings (SSSR count). The normalized spacial score (nSPS) is 28.1. The van der Waals surface area contributed by atoms with Gasteiger partial charge in [-0.2, -0.15) is 9.97 Å². The number of alkyl halides is 2. The van der Waals surface area contributed by atoms with Crippen molar-refractivity contribution in [3.05, 3.63) is 41.2 Å². The fourth-order valence-electron chi connectivity index (χ4n) is 6.06. The maximum Gasteiger partial charge on any atom is 0.253 e. The Morgan fingerprint density at radius 2 is 1.95 bits per heavy atom. The third-order valence-corrected chi connectivity index (χ3v) is 8.38. The number of hydrogen-bond donors (Lipinski definition) is 2. The van der Waals surface area contributed by atoms with Crippen molar-refractivity contribution in [2.45, 2.75) is 69.8 Å². The Morgan fingerprint density at radius 3 is 2.61 bits per heavy atom. The number of nitrogens with zero attached hydrogens (tertiary/aromatic N) is 6. The number of fused-ring (bicyclic) bond motifs is 1. The Kier molecular flexibility index (Phi) is 6.66. The number of imidazole rings is 1. The highest BCUT2D eigenvalue weighted by molar-refractivity contribution is 6.30. The summed E-state index contributed by atoms with van der Waals surface area (Å²) in [5.74, 6) is 3.38. The zero-order chi connectivity index (χ0) is 26.6. The summed E-state index contributed by atoms with van der Waals surface area (Å²) in [6, 6.07) is 6.88. The lowest BCUT2D eigenvalue weighted by Crippen LogP contribution is -2.58. The van der Waals surface area contributed by atoms with E-state index in [1.807, 2.05) is 16.7 Å². The van der Waals surface area contributed by atoms with E-state index in [4.69, 9.17) is 27.2 Å². The fraction of sp³-hybridized carbons (Fsp3) is 0.577. The van der Waals surface area contributed by atoms with Crippen LogP contribution in [-0.2, 0) is 11.3 Å². The second kappa shape index (κ2) is 9.86. The molecule has 4 heterocycles. The Bertz CT molecular complexity index is 1300. The van der Waals surface area contributed by atoms with E-state index in [1.54, 1.807) is 18.5 Å². The predicted molar refractivity (Wildman–Crippen MR) is 142 cm³/mol. The van der Waals surface area contributed by atoms with Crippen LogP contribution in [0.1, 0.15) is 44.7 Å². The second-order valence-electron chi connectivity index (χ2n) is 10.8. The molecule has 1 saturated carbocycles. The van der Waals surface area contributed by atoms with Gasteiger partial charge in [-0.25, -0.2) is 19.6 Å². The molecule has 0 bridgehead atoms. The van der Waals surface area contributed by atoms with Gasteiger partial charge in [0.15, 0.2) is 17.0 Å². The Balaban J connectivity index is 1.30. The lowest BCUT2D eigenvalue weighted by Gasteiger charge is -2.48. The summed E-state index contributed by atoms with van der Waals surface area (Å²) in [6.45, 7) is 6.80. The molecule has 38 heavy (non-hydrogen) atoms. The zero-order valence-electron chi connectivity index (χ0n) is 21.5. The fourth-order valence-corrected chi connectivity index (χ4v) is 6.19. The smallest absolute Gasteiger partial charge is 0.253 e. The Hall–Kier alpha value is -2.60. The van der Waals surface area contributed by atoms with E-state index in [1.165, 1.54) is 0 Å². The number of ether oxygens (including phenoxy) is 1. The molecular weight excluding hydrogens is 514 g/mol. The summed E-state index contributed by atoms with van der Waals surface area (Å²) in [4.78, 5) is 18.4. The first kappa shape index (κ1) is 25.7. The van der Waals surface area contributed by atoms with E-state index in [-0.39, 0.29) is 30.7 Å². The number of benzene rings is 1. The van der Waals surface area contributed by atoms with Crippen LogP contribution in [-0.4, -0.2) is 68.2 Å². The molecule has 3 aliphatic rings. The predicted octanol–water partition coefficient (Wildman–Crippen LogP) is 4.24. The van der Waals surface area contributed by atoms with Gasteiger partial charge >= 0.3 is 0 Å². The molecule has 0 radical (unpaired) electrons. The molecule has 204 valence electrons. The van der Waals surface area contributed by atoms with Crippen LogP contribution in [0.2, 0.25) is 5.02 Å². The van der Waals surface area contributed by atoms with Gasteiger partial charge in [0.05, 0.1) is 19.0 Å². The van der Waals surface area contributed by atoms with Crippen LogP contribution in [0, 0.1) is 5.92 Å². The van der Waals surface area contributed by atoms with Gasteiger partial charge in [-0.1, -0.05) is 23.7 Å². The first-order valence-electron chi connectivity index (χ1n) is 13.2. The number of piperazine rings is 1. The van der Waals surface area contributed by atoms with Gasteiger partial charge in [0, 0.05) is 55.2 Å². The number of rotatable bonds is 7. The minimum absolute atomic E-state index is 0.0135. The lowest BCUT2D eigenvalue weighted by molar-refractivity contribution is 0.0393. The molecule has 2 saturated heterocycles. The van der Waals surface area contributed by atoms with Crippen molar-refractivity contribution in [3.8, 4) is 0 Å². The van der Waals surface area contributed by atoms with Crippen molar-refractivity contribution in [2.75, 3.05) is 30.0 Å². The van der Waals surface area contributed by atoms with Gasteiger partial charge in [-0.15, -0.1) is 0 Å². The highest BCUT2D eigenvalue weighted by atomic mass is 35.5. The molecule has 0 spiro atoms. The number of nitrogens with one attached hydrogen (secondary N) is 1. The molecule has 1 unspecified atom stereocenters. The zero-order valence-corrected chi connectivity index (χ0v) is 22.3. The first-order valence-corrected chi connectivity index (χ1v) is 13.6. The topological polar surface area (TPSA) is 97.4 Å². The molecule has 3 fully saturated rings. The molecule has 2 aromatic heterocycles. The average molecular weight is 547 g/mol. The summed E-state index contributed by atoms with van der Waals surface area (Å²) in [5, 5.41) is 0.595. The van der Waals surface area contributed by atoms with Crippen molar-refractivity contribution < 1.29 is 13.5 Å². The van der Waals surface area contributed by atoms with E-state index in [9.17, 15) is 8.78 Å². The number of hydrazine groups is 1. The third kappa shape index (κ3) is 4.70. The third-order valence-electron chi connectivity index (χ3n) is 8.13. The second-order valence-corrected chi connectivity index (χ2v) is 11.3. The highest BCUT2D eigenvalue weighted by Gasteiger charge is 2.62. The first-order chi connectivity index (χ1) is 18.2. The largest absolute Gasteiger partial charge is 0.376 e. The van der Waals surface area contributed by atoms with E-state index >= 15 is 0 Å². The summed E-state index contributed by atoms with van der Waals surface area (Å²) in [6.07, 6.45) is 3.87. The van der Waals surface area contributed by atoms with Crippen LogP contribution in [0.5, 0.6) is 0 Å². The maximum atomic E-state index is 14.4. The van der Waals surface area contributed by atoms with Crippen molar-refractivity contribution in [3.63, 3.8) is 0 Å². The quantitative estimate of drug-likeness (QED) is 0.335. The van der Waals surface area contributed by atoms with Crippen LogP contribution in [0.3, 0.4) is 0 Å². The average Bonchev–Trinajstić information content (AvgIpc) is 3.25. The number of nitrogens with two attached hydrogens (primary N) is 1. The SMILES string of the molecule is C[C@@H]1CN(c2nc(NN)nc3c2ncn3C[C@@H]2CCCO2)[C@@H](C)CN1C(c1ccc(Cl)cc1)[C@H]1CC1(F)F.